The fourth-order valence-electron chi connectivity index (χ4n) is 2.93. The molecule has 1 amide bonds. The minimum atomic E-state index is -0.979. The number of carbonyl (C=O) groups is 1. The molecule has 154 valence electrons. The second-order valence-electron chi connectivity index (χ2n) is 6.78. The molecule has 1 fully saturated rings. The van der Waals surface area contributed by atoms with E-state index >= 15 is 0 Å². The first kappa shape index (κ1) is 19.8. The van der Waals surface area contributed by atoms with Crippen LogP contribution in [0, 0.1) is 23.4 Å². The van der Waals surface area contributed by atoms with Crippen molar-refractivity contribution < 1.29 is 22.7 Å². The fourth-order valence-corrected chi connectivity index (χ4v) is 2.93. The summed E-state index contributed by atoms with van der Waals surface area (Å²) in [4.78, 5) is 20.5. The lowest BCUT2D eigenvalue weighted by atomic mass is 10.1. The van der Waals surface area contributed by atoms with Crippen LogP contribution in [0.25, 0.3) is 11.3 Å². The van der Waals surface area contributed by atoms with E-state index in [-0.39, 0.29) is 5.69 Å². The Labute approximate surface area is 170 Å². The second kappa shape index (κ2) is 8.50. The van der Waals surface area contributed by atoms with Crippen molar-refractivity contribution in [2.45, 2.75) is 0 Å². The number of hydrogen-bond donors (Lipinski definition) is 2. The summed E-state index contributed by atoms with van der Waals surface area (Å²) in [6.45, 7) is 2.20. The van der Waals surface area contributed by atoms with Crippen molar-refractivity contribution in [3.63, 3.8) is 0 Å². The van der Waals surface area contributed by atoms with E-state index in [0.717, 1.165) is 43.4 Å². The van der Waals surface area contributed by atoms with Crippen LogP contribution >= 0.6 is 0 Å². The summed E-state index contributed by atoms with van der Waals surface area (Å²) < 4.78 is 48.1. The third-order valence-electron chi connectivity index (χ3n) is 4.65. The maximum absolute atomic E-state index is 14.2. The SMILES string of the molecule is O=C(Nc1cnccc1OCC1CNC1)c1ccc(F)c(-c2c(F)cccc2F)n1. The average Bonchev–Trinajstić information content (AvgIpc) is 2.69. The van der Waals surface area contributed by atoms with Gasteiger partial charge < -0.3 is 15.4 Å². The molecule has 2 aromatic heterocycles. The van der Waals surface area contributed by atoms with Crippen LogP contribution in [0.5, 0.6) is 5.75 Å². The minimum Gasteiger partial charge on any atom is -0.491 e. The van der Waals surface area contributed by atoms with Crippen LogP contribution in [0.15, 0.2) is 48.8 Å². The lowest BCUT2D eigenvalue weighted by Crippen LogP contribution is -2.45. The van der Waals surface area contributed by atoms with Crippen molar-refractivity contribution in [2.24, 2.45) is 5.92 Å². The van der Waals surface area contributed by atoms with Crippen LogP contribution in [0.1, 0.15) is 10.5 Å². The van der Waals surface area contributed by atoms with Gasteiger partial charge in [0.05, 0.1) is 18.4 Å². The number of anilines is 1. The molecule has 3 aromatic rings. The second-order valence-corrected chi connectivity index (χ2v) is 6.78. The van der Waals surface area contributed by atoms with E-state index in [1.165, 1.54) is 12.4 Å². The van der Waals surface area contributed by atoms with Crippen molar-refractivity contribution in [1.29, 1.82) is 0 Å². The monoisotopic (exact) mass is 414 g/mol. The summed E-state index contributed by atoms with van der Waals surface area (Å²) in [6, 6.07) is 6.82. The van der Waals surface area contributed by atoms with Gasteiger partial charge in [0.25, 0.3) is 5.91 Å². The van der Waals surface area contributed by atoms with E-state index in [2.05, 4.69) is 20.6 Å². The zero-order chi connectivity index (χ0) is 21.1. The van der Waals surface area contributed by atoms with Crippen LogP contribution in [-0.2, 0) is 0 Å². The first-order valence-corrected chi connectivity index (χ1v) is 9.22. The number of benzene rings is 1. The molecule has 0 unspecified atom stereocenters. The van der Waals surface area contributed by atoms with Gasteiger partial charge in [-0.25, -0.2) is 18.2 Å². The van der Waals surface area contributed by atoms with Crippen molar-refractivity contribution >= 4 is 11.6 Å². The normalized spacial score (nSPS) is 13.6. The molecule has 4 rings (SSSR count). The third kappa shape index (κ3) is 4.11. The molecular weight excluding hydrogens is 397 g/mol. The van der Waals surface area contributed by atoms with Gasteiger partial charge in [0, 0.05) is 31.3 Å². The highest BCUT2D eigenvalue weighted by Gasteiger charge is 2.21. The van der Waals surface area contributed by atoms with Gasteiger partial charge in [0.2, 0.25) is 0 Å². The van der Waals surface area contributed by atoms with E-state index in [4.69, 9.17) is 4.74 Å². The van der Waals surface area contributed by atoms with Gasteiger partial charge in [-0.1, -0.05) is 6.07 Å². The third-order valence-corrected chi connectivity index (χ3v) is 4.65. The molecule has 1 aliphatic rings. The van der Waals surface area contributed by atoms with Crippen molar-refractivity contribution in [1.82, 2.24) is 15.3 Å². The Morgan fingerprint density at radius 1 is 1.10 bits per heavy atom. The van der Waals surface area contributed by atoms with Gasteiger partial charge in [0.15, 0.2) is 0 Å². The Hall–Kier alpha value is -3.46. The molecule has 0 radical (unpaired) electrons. The van der Waals surface area contributed by atoms with Gasteiger partial charge in [-0.2, -0.15) is 0 Å². The highest BCUT2D eigenvalue weighted by molar-refractivity contribution is 6.03. The number of nitrogens with one attached hydrogen (secondary N) is 2. The van der Waals surface area contributed by atoms with Crippen LogP contribution in [0.2, 0.25) is 0 Å². The fraction of sp³-hybridized carbons (Fsp3) is 0.190. The lowest BCUT2D eigenvalue weighted by Gasteiger charge is -2.27. The van der Waals surface area contributed by atoms with Crippen molar-refractivity contribution in [2.75, 3.05) is 25.0 Å². The molecule has 0 spiro atoms. The van der Waals surface area contributed by atoms with E-state index in [0.29, 0.717) is 24.0 Å². The van der Waals surface area contributed by atoms with E-state index in [9.17, 15) is 18.0 Å². The molecule has 0 saturated carbocycles. The summed E-state index contributed by atoms with van der Waals surface area (Å²) in [5.41, 5.74) is -1.13. The number of carbonyl (C=O) groups excluding carboxylic acids is 1. The summed E-state index contributed by atoms with van der Waals surface area (Å²) >= 11 is 0. The molecule has 1 aromatic carbocycles. The highest BCUT2D eigenvalue weighted by Crippen LogP contribution is 2.28. The van der Waals surface area contributed by atoms with Crippen LogP contribution < -0.4 is 15.4 Å². The van der Waals surface area contributed by atoms with Gasteiger partial charge >= 0.3 is 0 Å². The van der Waals surface area contributed by atoms with E-state index in [1.54, 1.807) is 6.07 Å². The molecule has 3 heterocycles. The van der Waals surface area contributed by atoms with Crippen molar-refractivity contribution in [3.05, 3.63) is 71.9 Å². The highest BCUT2D eigenvalue weighted by atomic mass is 19.1. The largest absolute Gasteiger partial charge is 0.491 e. The summed E-state index contributed by atoms with van der Waals surface area (Å²) in [7, 11) is 0. The van der Waals surface area contributed by atoms with Crippen molar-refractivity contribution in [3.8, 4) is 17.0 Å². The molecule has 6 nitrogen and oxygen atoms in total. The van der Waals surface area contributed by atoms with Crippen LogP contribution in [0.4, 0.5) is 18.9 Å². The number of pyridine rings is 2. The van der Waals surface area contributed by atoms with Gasteiger partial charge in [-0.3, -0.25) is 9.78 Å². The predicted octanol–water partition coefficient (Wildman–Crippen LogP) is 3.41. The van der Waals surface area contributed by atoms with E-state index in [1.807, 2.05) is 0 Å². The maximum Gasteiger partial charge on any atom is 0.274 e. The summed E-state index contributed by atoms with van der Waals surface area (Å²) in [5, 5.41) is 5.74. The molecule has 30 heavy (non-hydrogen) atoms. The Morgan fingerprint density at radius 2 is 1.87 bits per heavy atom. The number of hydrogen-bond acceptors (Lipinski definition) is 5. The smallest absolute Gasteiger partial charge is 0.274 e. The summed E-state index contributed by atoms with van der Waals surface area (Å²) in [5.74, 6) is -2.79. The van der Waals surface area contributed by atoms with Crippen LogP contribution in [0.3, 0.4) is 0 Å². The number of nitrogens with zero attached hydrogens (tertiary/aromatic N) is 2. The van der Waals surface area contributed by atoms with Gasteiger partial charge in [-0.15, -0.1) is 0 Å². The Balaban J connectivity index is 1.58. The number of amides is 1. The standard InChI is InChI=1S/C21H17F3N4O2/c22-13-2-1-3-14(23)19(13)20-15(24)4-5-16(27-20)21(29)28-17-10-25-7-6-18(17)30-11-12-8-26-9-12/h1-7,10,12,26H,8-9,11H2,(H,28,29). The zero-order valence-corrected chi connectivity index (χ0v) is 15.7. The maximum atomic E-state index is 14.2. The van der Waals surface area contributed by atoms with Crippen LogP contribution in [-0.4, -0.2) is 35.6 Å². The molecule has 2 N–H and O–H groups in total. The number of rotatable bonds is 6. The zero-order valence-electron chi connectivity index (χ0n) is 15.7. The topological polar surface area (TPSA) is 76.1 Å². The first-order valence-electron chi connectivity index (χ1n) is 9.22. The predicted molar refractivity (Wildman–Crippen MR) is 104 cm³/mol. The molecule has 1 saturated heterocycles. The average molecular weight is 414 g/mol. The molecule has 0 aliphatic carbocycles. The quantitative estimate of drug-likeness (QED) is 0.647. The van der Waals surface area contributed by atoms with Gasteiger partial charge in [0.1, 0.15) is 40.3 Å². The number of ether oxygens (including phenoxy) is 1. The Kier molecular flexibility index (Phi) is 5.62. The Morgan fingerprint density at radius 3 is 2.57 bits per heavy atom. The number of aromatic nitrogens is 2. The Bertz CT molecular complexity index is 1070. The minimum absolute atomic E-state index is 0.216. The molecule has 0 atom stereocenters. The molecule has 9 heteroatoms. The lowest BCUT2D eigenvalue weighted by molar-refractivity contribution is 0.102. The summed E-state index contributed by atoms with van der Waals surface area (Å²) in [6.07, 6.45) is 2.94. The molecule has 1 aliphatic heterocycles. The van der Waals surface area contributed by atoms with E-state index < -0.39 is 34.6 Å². The molecule has 0 bridgehead atoms. The molecular formula is C21H17F3N4O2. The van der Waals surface area contributed by atoms with Gasteiger partial charge in [-0.05, 0) is 24.3 Å². The number of halogens is 3. The first-order chi connectivity index (χ1) is 14.5.